The molecule has 0 spiro atoms. The van der Waals surface area contributed by atoms with E-state index in [0.717, 1.165) is 31.8 Å². The minimum Gasteiger partial charge on any atom is -0.476 e. The maximum Gasteiger partial charge on any atom is 0.186 e. The van der Waals surface area contributed by atoms with Crippen molar-refractivity contribution in [2.45, 2.75) is 38.2 Å². The summed E-state index contributed by atoms with van der Waals surface area (Å²) in [5, 5.41) is 0. The molecule has 1 atom stereocenters. The van der Waals surface area contributed by atoms with E-state index in [9.17, 15) is 0 Å². The van der Waals surface area contributed by atoms with Gasteiger partial charge in [-0.3, -0.25) is 4.99 Å². The van der Waals surface area contributed by atoms with E-state index in [0.29, 0.717) is 12.0 Å². The van der Waals surface area contributed by atoms with E-state index in [1.54, 1.807) is 0 Å². The maximum absolute atomic E-state index is 5.76. The highest BCUT2D eigenvalue weighted by Crippen LogP contribution is 2.30. The molecule has 3 heteroatoms. The summed E-state index contributed by atoms with van der Waals surface area (Å²) in [6, 6.07) is 0. The summed E-state index contributed by atoms with van der Waals surface area (Å²) in [6.45, 7) is 1.63. The summed E-state index contributed by atoms with van der Waals surface area (Å²) in [4.78, 5) is 4.45. The Bertz CT molecular complexity index is 199. The van der Waals surface area contributed by atoms with Crippen LogP contribution in [0, 0.1) is 5.92 Å². The SMILES string of the molecule is NCCCC1CN=C(C2CCC2)O1. The lowest BCUT2D eigenvalue weighted by Gasteiger charge is -2.25. The van der Waals surface area contributed by atoms with E-state index in [2.05, 4.69) is 4.99 Å². The van der Waals surface area contributed by atoms with Crippen molar-refractivity contribution in [2.75, 3.05) is 13.1 Å². The van der Waals surface area contributed by atoms with Crippen LogP contribution in [0.1, 0.15) is 32.1 Å². The molecule has 0 bridgehead atoms. The van der Waals surface area contributed by atoms with Crippen LogP contribution < -0.4 is 5.73 Å². The lowest BCUT2D eigenvalue weighted by atomic mass is 9.85. The van der Waals surface area contributed by atoms with Gasteiger partial charge < -0.3 is 10.5 Å². The molecule has 13 heavy (non-hydrogen) atoms. The van der Waals surface area contributed by atoms with Crippen molar-refractivity contribution >= 4 is 5.90 Å². The summed E-state index contributed by atoms with van der Waals surface area (Å²) in [6.07, 6.45) is 6.36. The Labute approximate surface area is 79.4 Å². The van der Waals surface area contributed by atoms with E-state index in [4.69, 9.17) is 10.5 Å². The molecule has 0 amide bonds. The molecule has 0 aromatic carbocycles. The molecular weight excluding hydrogens is 164 g/mol. The highest BCUT2D eigenvalue weighted by Gasteiger charge is 2.30. The fourth-order valence-corrected chi connectivity index (χ4v) is 1.81. The fourth-order valence-electron chi connectivity index (χ4n) is 1.81. The number of nitrogens with two attached hydrogens (primary N) is 1. The van der Waals surface area contributed by atoms with Gasteiger partial charge in [0.05, 0.1) is 6.54 Å². The minimum absolute atomic E-state index is 0.333. The van der Waals surface area contributed by atoms with E-state index in [1.807, 2.05) is 0 Å². The molecule has 0 aromatic rings. The average molecular weight is 182 g/mol. The van der Waals surface area contributed by atoms with Crippen molar-refractivity contribution in [3.8, 4) is 0 Å². The van der Waals surface area contributed by atoms with Gasteiger partial charge in [0.1, 0.15) is 6.10 Å². The zero-order valence-corrected chi connectivity index (χ0v) is 8.04. The van der Waals surface area contributed by atoms with Gasteiger partial charge in [-0.2, -0.15) is 0 Å². The van der Waals surface area contributed by atoms with Crippen LogP contribution in [-0.2, 0) is 4.74 Å². The predicted octanol–water partition coefficient (Wildman–Crippen LogP) is 1.32. The highest BCUT2D eigenvalue weighted by molar-refractivity contribution is 5.80. The standard InChI is InChI=1S/C10H18N2O/c11-6-2-5-9-7-12-10(13-9)8-3-1-4-8/h8-9H,1-7,11H2. The number of ether oxygens (including phenoxy) is 1. The van der Waals surface area contributed by atoms with Crippen molar-refractivity contribution in [3.05, 3.63) is 0 Å². The Kier molecular flexibility index (Phi) is 2.83. The largest absolute Gasteiger partial charge is 0.476 e. The predicted molar refractivity (Wildman–Crippen MR) is 52.8 cm³/mol. The van der Waals surface area contributed by atoms with Crippen molar-refractivity contribution in [1.82, 2.24) is 0 Å². The topological polar surface area (TPSA) is 47.6 Å². The van der Waals surface area contributed by atoms with Gasteiger partial charge in [-0.1, -0.05) is 6.42 Å². The minimum atomic E-state index is 0.333. The Morgan fingerprint density at radius 1 is 1.46 bits per heavy atom. The molecule has 2 N–H and O–H groups in total. The Hall–Kier alpha value is -0.570. The molecule has 0 aromatic heterocycles. The third-order valence-corrected chi connectivity index (χ3v) is 2.92. The Morgan fingerprint density at radius 2 is 2.31 bits per heavy atom. The summed E-state index contributed by atoms with van der Waals surface area (Å²) < 4.78 is 5.76. The third kappa shape index (κ3) is 2.02. The van der Waals surface area contributed by atoms with Crippen molar-refractivity contribution in [3.63, 3.8) is 0 Å². The molecule has 1 fully saturated rings. The number of hydrogen-bond donors (Lipinski definition) is 1. The molecule has 2 aliphatic rings. The van der Waals surface area contributed by atoms with Crippen molar-refractivity contribution in [2.24, 2.45) is 16.6 Å². The van der Waals surface area contributed by atoms with Crippen molar-refractivity contribution in [1.29, 1.82) is 0 Å². The molecule has 2 rings (SSSR count). The van der Waals surface area contributed by atoms with Crippen LogP contribution in [0.4, 0.5) is 0 Å². The van der Waals surface area contributed by atoms with Crippen LogP contribution in [0.5, 0.6) is 0 Å². The van der Waals surface area contributed by atoms with Gasteiger partial charge in [0.15, 0.2) is 5.90 Å². The molecule has 0 radical (unpaired) electrons. The van der Waals surface area contributed by atoms with Crippen LogP contribution in [0.25, 0.3) is 0 Å². The first-order valence-electron chi connectivity index (χ1n) is 5.31. The normalized spacial score (nSPS) is 28.1. The number of nitrogens with zero attached hydrogens (tertiary/aromatic N) is 1. The maximum atomic E-state index is 5.76. The smallest absolute Gasteiger partial charge is 0.186 e. The lowest BCUT2D eigenvalue weighted by Crippen LogP contribution is -2.24. The van der Waals surface area contributed by atoms with Gasteiger partial charge in [0.25, 0.3) is 0 Å². The van der Waals surface area contributed by atoms with Gasteiger partial charge in [0, 0.05) is 5.92 Å². The second kappa shape index (κ2) is 4.09. The zero-order chi connectivity index (χ0) is 9.10. The van der Waals surface area contributed by atoms with Gasteiger partial charge in [-0.15, -0.1) is 0 Å². The molecule has 1 heterocycles. The van der Waals surface area contributed by atoms with Gasteiger partial charge in [-0.25, -0.2) is 0 Å². The van der Waals surface area contributed by atoms with Crippen molar-refractivity contribution < 1.29 is 4.74 Å². The van der Waals surface area contributed by atoms with Crippen LogP contribution in [0.3, 0.4) is 0 Å². The number of hydrogen-bond acceptors (Lipinski definition) is 3. The summed E-state index contributed by atoms with van der Waals surface area (Å²) in [7, 11) is 0. The van der Waals surface area contributed by atoms with Gasteiger partial charge in [0.2, 0.25) is 0 Å². The second-order valence-electron chi connectivity index (χ2n) is 3.98. The summed E-state index contributed by atoms with van der Waals surface area (Å²) >= 11 is 0. The fraction of sp³-hybridized carbons (Fsp3) is 0.900. The van der Waals surface area contributed by atoms with Crippen LogP contribution in [0.15, 0.2) is 4.99 Å². The molecule has 74 valence electrons. The van der Waals surface area contributed by atoms with Crippen LogP contribution in [-0.4, -0.2) is 25.1 Å². The van der Waals surface area contributed by atoms with Crippen LogP contribution >= 0.6 is 0 Å². The van der Waals surface area contributed by atoms with E-state index in [-0.39, 0.29) is 0 Å². The van der Waals surface area contributed by atoms with E-state index >= 15 is 0 Å². The van der Waals surface area contributed by atoms with Crippen LogP contribution in [0.2, 0.25) is 0 Å². The average Bonchev–Trinajstić information content (AvgIpc) is 2.46. The Morgan fingerprint density at radius 3 is 2.92 bits per heavy atom. The number of aliphatic imine (C=N–C) groups is 1. The quantitative estimate of drug-likeness (QED) is 0.713. The van der Waals surface area contributed by atoms with E-state index < -0.39 is 0 Å². The Balaban J connectivity index is 1.71. The zero-order valence-electron chi connectivity index (χ0n) is 8.04. The molecule has 3 nitrogen and oxygen atoms in total. The monoisotopic (exact) mass is 182 g/mol. The summed E-state index contributed by atoms with van der Waals surface area (Å²) in [5.74, 6) is 1.69. The molecule has 1 saturated carbocycles. The summed E-state index contributed by atoms with van der Waals surface area (Å²) in [5.41, 5.74) is 5.45. The van der Waals surface area contributed by atoms with E-state index in [1.165, 1.54) is 19.3 Å². The van der Waals surface area contributed by atoms with Gasteiger partial charge in [-0.05, 0) is 32.2 Å². The molecule has 0 saturated heterocycles. The molecular formula is C10H18N2O. The molecule has 1 unspecified atom stereocenters. The first kappa shape index (κ1) is 9.00. The third-order valence-electron chi connectivity index (χ3n) is 2.92. The van der Waals surface area contributed by atoms with Gasteiger partial charge >= 0.3 is 0 Å². The molecule has 1 aliphatic heterocycles. The first-order valence-corrected chi connectivity index (χ1v) is 5.31. The molecule has 1 aliphatic carbocycles. The highest BCUT2D eigenvalue weighted by atomic mass is 16.5. The number of rotatable bonds is 4. The lowest BCUT2D eigenvalue weighted by molar-refractivity contribution is 0.185. The second-order valence-corrected chi connectivity index (χ2v) is 3.98. The first-order chi connectivity index (χ1) is 6.40.